The third-order valence-electron chi connectivity index (χ3n) is 2.97. The largest absolute Gasteiger partial charge is 0.382 e. The highest BCUT2D eigenvalue weighted by atomic mass is 79.9. The summed E-state index contributed by atoms with van der Waals surface area (Å²) < 4.78 is 26.9. The molecule has 1 nitrogen and oxygen atoms in total. The molecule has 0 heterocycles. The Kier molecular flexibility index (Phi) is 4.15. The van der Waals surface area contributed by atoms with Crippen molar-refractivity contribution in [2.24, 2.45) is 5.92 Å². The van der Waals surface area contributed by atoms with Crippen LogP contribution < -0.4 is 5.32 Å². The molecule has 1 aromatic carbocycles. The zero-order chi connectivity index (χ0) is 12.3. The Morgan fingerprint density at radius 3 is 2.76 bits per heavy atom. The summed E-state index contributed by atoms with van der Waals surface area (Å²) in [5, 5.41) is 2.98. The number of allylic oxidation sites excluding steroid dienone is 2. The quantitative estimate of drug-likeness (QED) is 0.640. The van der Waals surface area contributed by atoms with Gasteiger partial charge in [0.15, 0.2) is 0 Å². The van der Waals surface area contributed by atoms with E-state index in [1.807, 2.05) is 0 Å². The lowest BCUT2D eigenvalue weighted by molar-refractivity contribution is 0.502. The van der Waals surface area contributed by atoms with E-state index in [9.17, 15) is 8.78 Å². The molecule has 1 N–H and O–H groups in total. The van der Waals surface area contributed by atoms with Gasteiger partial charge in [0.25, 0.3) is 0 Å². The molecule has 0 bridgehead atoms. The normalized spacial score (nSPS) is 19.4. The van der Waals surface area contributed by atoms with E-state index in [4.69, 9.17) is 0 Å². The van der Waals surface area contributed by atoms with E-state index in [0.29, 0.717) is 12.5 Å². The van der Waals surface area contributed by atoms with E-state index >= 15 is 0 Å². The molecule has 2 rings (SSSR count). The molecule has 1 aliphatic carbocycles. The highest BCUT2D eigenvalue weighted by molar-refractivity contribution is 9.10. The number of hydrogen-bond donors (Lipinski definition) is 1. The van der Waals surface area contributed by atoms with Crippen molar-refractivity contribution in [1.29, 1.82) is 0 Å². The maximum absolute atomic E-state index is 13.5. The van der Waals surface area contributed by atoms with Crippen LogP contribution in [-0.2, 0) is 0 Å². The topological polar surface area (TPSA) is 12.0 Å². The zero-order valence-electron chi connectivity index (χ0n) is 9.35. The standard InChI is InChI=1S/C13H14BrF2N/c14-10-6-12(16)13(7-11(10)15)17-8-9-4-2-1-3-5-9/h1-2,6-7,9,17H,3-5,8H2. The van der Waals surface area contributed by atoms with Crippen molar-refractivity contribution in [3.63, 3.8) is 0 Å². The Hall–Kier alpha value is -0.900. The molecule has 17 heavy (non-hydrogen) atoms. The van der Waals surface area contributed by atoms with Crippen LogP contribution in [0.5, 0.6) is 0 Å². The van der Waals surface area contributed by atoms with Crippen LogP contribution in [0, 0.1) is 17.6 Å². The maximum Gasteiger partial charge on any atom is 0.147 e. The summed E-state index contributed by atoms with van der Waals surface area (Å²) >= 11 is 2.96. The molecule has 0 amide bonds. The Labute approximate surface area is 108 Å². The molecule has 1 aliphatic rings. The predicted molar refractivity (Wildman–Crippen MR) is 69.0 cm³/mol. The molecule has 0 fully saturated rings. The van der Waals surface area contributed by atoms with Crippen LogP contribution in [0.2, 0.25) is 0 Å². The fourth-order valence-corrected chi connectivity index (χ4v) is 2.27. The molecule has 1 atom stereocenters. The highest BCUT2D eigenvalue weighted by Crippen LogP contribution is 2.25. The highest BCUT2D eigenvalue weighted by Gasteiger charge is 2.12. The van der Waals surface area contributed by atoms with Crippen molar-refractivity contribution in [1.82, 2.24) is 0 Å². The van der Waals surface area contributed by atoms with Crippen LogP contribution in [0.15, 0.2) is 28.8 Å². The van der Waals surface area contributed by atoms with Crippen molar-refractivity contribution in [3.8, 4) is 0 Å². The van der Waals surface area contributed by atoms with Crippen LogP contribution in [0.25, 0.3) is 0 Å². The summed E-state index contributed by atoms with van der Waals surface area (Å²) in [5.74, 6) is -0.367. The minimum Gasteiger partial charge on any atom is -0.382 e. The molecular weight excluding hydrogens is 288 g/mol. The van der Waals surface area contributed by atoms with E-state index in [1.54, 1.807) is 0 Å². The van der Waals surface area contributed by atoms with Gasteiger partial charge in [0.1, 0.15) is 11.6 Å². The maximum atomic E-state index is 13.5. The first kappa shape index (κ1) is 12.6. The second-order valence-electron chi connectivity index (χ2n) is 4.28. The average Bonchev–Trinajstić information content (AvgIpc) is 2.33. The van der Waals surface area contributed by atoms with E-state index in [2.05, 4.69) is 33.4 Å². The van der Waals surface area contributed by atoms with Crippen molar-refractivity contribution in [2.45, 2.75) is 19.3 Å². The number of nitrogens with one attached hydrogen (secondary N) is 1. The second kappa shape index (κ2) is 5.63. The van der Waals surface area contributed by atoms with Crippen LogP contribution >= 0.6 is 15.9 Å². The smallest absolute Gasteiger partial charge is 0.147 e. The fraction of sp³-hybridized carbons (Fsp3) is 0.385. The van der Waals surface area contributed by atoms with E-state index in [1.165, 1.54) is 6.07 Å². The first-order valence-electron chi connectivity index (χ1n) is 5.70. The van der Waals surface area contributed by atoms with Gasteiger partial charge in [-0.25, -0.2) is 8.78 Å². The van der Waals surface area contributed by atoms with E-state index in [-0.39, 0.29) is 10.2 Å². The Morgan fingerprint density at radius 1 is 1.24 bits per heavy atom. The van der Waals surface area contributed by atoms with E-state index in [0.717, 1.165) is 25.3 Å². The van der Waals surface area contributed by atoms with Gasteiger partial charge in [0.2, 0.25) is 0 Å². The summed E-state index contributed by atoms with van der Waals surface area (Å²) in [5.41, 5.74) is 0.236. The van der Waals surface area contributed by atoms with Crippen molar-refractivity contribution in [3.05, 3.63) is 40.4 Å². The van der Waals surface area contributed by atoms with Crippen LogP contribution in [0.3, 0.4) is 0 Å². The third kappa shape index (κ3) is 3.28. The van der Waals surface area contributed by atoms with Gasteiger partial charge in [-0.1, -0.05) is 12.2 Å². The zero-order valence-corrected chi connectivity index (χ0v) is 10.9. The summed E-state index contributed by atoms with van der Waals surface area (Å²) in [7, 11) is 0. The number of halogens is 3. The third-order valence-corrected chi connectivity index (χ3v) is 3.58. The molecular formula is C13H14BrF2N. The first-order chi connectivity index (χ1) is 8.16. The Morgan fingerprint density at radius 2 is 2.06 bits per heavy atom. The lowest BCUT2D eigenvalue weighted by Crippen LogP contribution is -2.16. The van der Waals surface area contributed by atoms with Gasteiger partial charge in [-0.05, 0) is 47.2 Å². The van der Waals surface area contributed by atoms with Gasteiger partial charge < -0.3 is 5.32 Å². The molecule has 4 heteroatoms. The number of benzene rings is 1. The second-order valence-corrected chi connectivity index (χ2v) is 5.13. The molecule has 1 aromatic rings. The summed E-state index contributed by atoms with van der Waals surface area (Å²) in [6, 6.07) is 2.34. The van der Waals surface area contributed by atoms with E-state index < -0.39 is 11.6 Å². The minimum absolute atomic E-state index is 0.154. The lowest BCUT2D eigenvalue weighted by Gasteiger charge is -2.19. The van der Waals surface area contributed by atoms with Crippen molar-refractivity contribution in [2.75, 3.05) is 11.9 Å². The van der Waals surface area contributed by atoms with Crippen LogP contribution in [0.1, 0.15) is 19.3 Å². The fourth-order valence-electron chi connectivity index (χ4n) is 1.95. The Bertz CT molecular complexity index is 432. The van der Waals surface area contributed by atoms with Gasteiger partial charge in [0, 0.05) is 12.6 Å². The lowest BCUT2D eigenvalue weighted by atomic mass is 9.94. The SMILES string of the molecule is Fc1cc(NCC2CC=CCC2)c(F)cc1Br. The van der Waals surface area contributed by atoms with Gasteiger partial charge in [0.05, 0.1) is 10.2 Å². The Balaban J connectivity index is 1.98. The molecule has 1 unspecified atom stereocenters. The van der Waals surface area contributed by atoms with Gasteiger partial charge in [-0.2, -0.15) is 0 Å². The summed E-state index contributed by atoms with van der Waals surface area (Å²) in [6.45, 7) is 0.683. The number of anilines is 1. The molecule has 0 saturated heterocycles. The average molecular weight is 302 g/mol. The predicted octanol–water partition coefficient (Wildman–Crippen LogP) is 4.50. The molecule has 0 aliphatic heterocycles. The summed E-state index contributed by atoms with van der Waals surface area (Å²) in [4.78, 5) is 0. The molecule has 0 aromatic heterocycles. The minimum atomic E-state index is -0.447. The van der Waals surface area contributed by atoms with Gasteiger partial charge in [-0.3, -0.25) is 0 Å². The number of hydrogen-bond acceptors (Lipinski definition) is 1. The van der Waals surface area contributed by atoms with Crippen LogP contribution in [0.4, 0.5) is 14.5 Å². The van der Waals surface area contributed by atoms with Gasteiger partial charge in [-0.15, -0.1) is 0 Å². The van der Waals surface area contributed by atoms with Crippen molar-refractivity contribution >= 4 is 21.6 Å². The summed E-state index contributed by atoms with van der Waals surface area (Å²) in [6.07, 6.45) is 7.49. The van der Waals surface area contributed by atoms with Gasteiger partial charge >= 0.3 is 0 Å². The molecule has 92 valence electrons. The molecule has 0 spiro atoms. The molecule has 0 saturated carbocycles. The number of rotatable bonds is 3. The monoisotopic (exact) mass is 301 g/mol. The molecule has 0 radical (unpaired) electrons. The van der Waals surface area contributed by atoms with Crippen molar-refractivity contribution < 1.29 is 8.78 Å². The first-order valence-corrected chi connectivity index (χ1v) is 6.49. The van der Waals surface area contributed by atoms with Crippen LogP contribution in [-0.4, -0.2) is 6.54 Å².